The number of rotatable bonds is 6. The topological polar surface area (TPSA) is 0 Å². The van der Waals surface area contributed by atoms with Gasteiger partial charge in [0.2, 0.25) is 0 Å². The van der Waals surface area contributed by atoms with Crippen LogP contribution in [0.2, 0.25) is 0 Å². The van der Waals surface area contributed by atoms with Crippen molar-refractivity contribution in [3.05, 3.63) is 132 Å². The molecule has 0 saturated heterocycles. The van der Waals surface area contributed by atoms with Crippen molar-refractivity contribution < 1.29 is 0 Å². The fourth-order valence-electron chi connectivity index (χ4n) is 4.81. The van der Waals surface area contributed by atoms with Crippen LogP contribution in [0.25, 0.3) is 44.5 Å². The summed E-state index contributed by atoms with van der Waals surface area (Å²) >= 11 is 13.6. The SMILES string of the molecule is ClCc1c(-c2ccccc2)c(-c2ccccc2)c(CCl)c(-c2ccccc2)c1-c1ccccc1. The molecule has 0 amide bonds. The van der Waals surface area contributed by atoms with Crippen molar-refractivity contribution in [2.24, 2.45) is 0 Å². The number of hydrogen-bond donors (Lipinski definition) is 0. The second-order valence-corrected chi connectivity index (χ2v) is 8.72. The highest BCUT2D eigenvalue weighted by molar-refractivity contribution is 6.21. The molecule has 0 aliphatic heterocycles. The molecule has 5 rings (SSSR count). The molecule has 166 valence electrons. The second-order valence-electron chi connectivity index (χ2n) is 8.19. The number of benzene rings is 5. The largest absolute Gasteiger partial charge is 0.122 e. The van der Waals surface area contributed by atoms with Crippen LogP contribution in [0, 0.1) is 0 Å². The molecule has 2 heteroatoms. The molecular formula is C32H24Cl2. The zero-order valence-electron chi connectivity index (χ0n) is 18.7. The molecule has 0 unspecified atom stereocenters. The molecule has 0 fully saturated rings. The first-order chi connectivity index (χ1) is 16.8. The molecule has 0 radical (unpaired) electrons. The van der Waals surface area contributed by atoms with Crippen LogP contribution in [0.4, 0.5) is 0 Å². The first-order valence-corrected chi connectivity index (χ1v) is 12.5. The molecule has 0 bridgehead atoms. The molecule has 0 nitrogen and oxygen atoms in total. The monoisotopic (exact) mass is 478 g/mol. The summed E-state index contributed by atoms with van der Waals surface area (Å²) in [7, 11) is 0. The van der Waals surface area contributed by atoms with E-state index in [1.165, 1.54) is 0 Å². The molecule has 0 atom stereocenters. The zero-order valence-corrected chi connectivity index (χ0v) is 20.2. The summed E-state index contributed by atoms with van der Waals surface area (Å²) in [6, 6.07) is 42.1. The van der Waals surface area contributed by atoms with Crippen molar-refractivity contribution in [1.82, 2.24) is 0 Å². The van der Waals surface area contributed by atoms with E-state index in [1.54, 1.807) is 0 Å². The third-order valence-electron chi connectivity index (χ3n) is 6.22. The lowest BCUT2D eigenvalue weighted by atomic mass is 9.78. The Bertz CT molecular complexity index is 1160. The van der Waals surface area contributed by atoms with Crippen LogP contribution in [-0.2, 0) is 11.8 Å². The standard InChI is InChI=1S/C32H24Cl2/c33-21-27-29(23-13-5-1-6-14-23)30(24-15-7-2-8-16-24)28(22-34)32(26-19-11-4-12-20-26)31(27)25-17-9-3-10-18-25/h1-20H,21-22H2. The first kappa shape index (κ1) is 22.5. The molecule has 0 N–H and O–H groups in total. The Balaban J connectivity index is 2.03. The Morgan fingerprint density at radius 1 is 0.324 bits per heavy atom. The highest BCUT2D eigenvalue weighted by Crippen LogP contribution is 2.49. The van der Waals surface area contributed by atoms with E-state index in [0.29, 0.717) is 11.8 Å². The fourth-order valence-corrected chi connectivity index (χ4v) is 5.35. The third kappa shape index (κ3) is 4.16. The van der Waals surface area contributed by atoms with E-state index in [0.717, 1.165) is 55.6 Å². The Morgan fingerprint density at radius 2 is 0.529 bits per heavy atom. The maximum atomic E-state index is 6.82. The number of halogens is 2. The first-order valence-electron chi connectivity index (χ1n) is 11.4. The van der Waals surface area contributed by atoms with Crippen LogP contribution in [0.15, 0.2) is 121 Å². The predicted octanol–water partition coefficient (Wildman–Crippen LogP) is 9.83. The van der Waals surface area contributed by atoms with Crippen molar-refractivity contribution in [2.75, 3.05) is 0 Å². The summed E-state index contributed by atoms with van der Waals surface area (Å²) in [4.78, 5) is 0. The summed E-state index contributed by atoms with van der Waals surface area (Å²) in [5.41, 5.74) is 11.4. The van der Waals surface area contributed by atoms with Gasteiger partial charge in [-0.3, -0.25) is 0 Å². The molecular weight excluding hydrogens is 455 g/mol. The Morgan fingerprint density at radius 3 is 0.706 bits per heavy atom. The Kier molecular flexibility index (Phi) is 6.81. The molecule has 0 aromatic heterocycles. The zero-order chi connectivity index (χ0) is 23.3. The molecule has 5 aromatic carbocycles. The molecule has 0 aliphatic carbocycles. The van der Waals surface area contributed by atoms with Gasteiger partial charge in [0.05, 0.1) is 0 Å². The quantitative estimate of drug-likeness (QED) is 0.213. The second kappa shape index (κ2) is 10.3. The smallest absolute Gasteiger partial charge is 0.0486 e. The van der Waals surface area contributed by atoms with Gasteiger partial charge >= 0.3 is 0 Å². The lowest BCUT2D eigenvalue weighted by Crippen LogP contribution is -2.04. The highest BCUT2D eigenvalue weighted by atomic mass is 35.5. The lowest BCUT2D eigenvalue weighted by molar-refractivity contribution is 1.32. The number of alkyl halides is 2. The van der Waals surface area contributed by atoms with E-state index >= 15 is 0 Å². The van der Waals surface area contributed by atoms with Crippen molar-refractivity contribution in [2.45, 2.75) is 11.8 Å². The summed E-state index contributed by atoms with van der Waals surface area (Å²) in [6.45, 7) is 0. The normalized spacial score (nSPS) is 10.9. The average molecular weight is 479 g/mol. The Hall–Kier alpha value is -3.32. The molecule has 0 spiro atoms. The van der Waals surface area contributed by atoms with E-state index in [2.05, 4.69) is 97.1 Å². The van der Waals surface area contributed by atoms with Gasteiger partial charge in [0, 0.05) is 11.8 Å². The van der Waals surface area contributed by atoms with Gasteiger partial charge in [-0.1, -0.05) is 121 Å². The summed E-state index contributed by atoms with van der Waals surface area (Å²) < 4.78 is 0. The van der Waals surface area contributed by atoms with Crippen LogP contribution in [-0.4, -0.2) is 0 Å². The molecule has 5 aromatic rings. The third-order valence-corrected chi connectivity index (χ3v) is 6.76. The van der Waals surface area contributed by atoms with E-state index < -0.39 is 0 Å². The van der Waals surface area contributed by atoms with Crippen molar-refractivity contribution in [3.63, 3.8) is 0 Å². The summed E-state index contributed by atoms with van der Waals surface area (Å²) in [6.07, 6.45) is 0. The van der Waals surface area contributed by atoms with E-state index in [9.17, 15) is 0 Å². The minimum atomic E-state index is 0.386. The summed E-state index contributed by atoms with van der Waals surface area (Å²) in [5, 5.41) is 0. The van der Waals surface area contributed by atoms with Crippen LogP contribution in [0.5, 0.6) is 0 Å². The lowest BCUT2D eigenvalue weighted by Gasteiger charge is -2.26. The van der Waals surface area contributed by atoms with Gasteiger partial charge in [0.25, 0.3) is 0 Å². The summed E-state index contributed by atoms with van der Waals surface area (Å²) in [5.74, 6) is 0.771. The predicted molar refractivity (Wildman–Crippen MR) is 147 cm³/mol. The molecule has 0 heterocycles. The van der Waals surface area contributed by atoms with Gasteiger partial charge in [-0.05, 0) is 55.6 Å². The highest BCUT2D eigenvalue weighted by Gasteiger charge is 2.26. The van der Waals surface area contributed by atoms with Gasteiger partial charge in [-0.15, -0.1) is 23.2 Å². The van der Waals surface area contributed by atoms with Gasteiger partial charge in [-0.25, -0.2) is 0 Å². The van der Waals surface area contributed by atoms with Gasteiger partial charge in [0.15, 0.2) is 0 Å². The van der Waals surface area contributed by atoms with E-state index in [1.807, 2.05) is 24.3 Å². The van der Waals surface area contributed by atoms with Crippen LogP contribution in [0.1, 0.15) is 11.1 Å². The minimum absolute atomic E-state index is 0.386. The van der Waals surface area contributed by atoms with E-state index in [4.69, 9.17) is 23.2 Å². The molecule has 0 aliphatic rings. The van der Waals surface area contributed by atoms with E-state index in [-0.39, 0.29) is 0 Å². The van der Waals surface area contributed by atoms with Crippen LogP contribution < -0.4 is 0 Å². The van der Waals surface area contributed by atoms with Gasteiger partial charge < -0.3 is 0 Å². The van der Waals surface area contributed by atoms with Crippen molar-refractivity contribution in [1.29, 1.82) is 0 Å². The maximum absolute atomic E-state index is 6.82. The molecule has 34 heavy (non-hydrogen) atoms. The van der Waals surface area contributed by atoms with Crippen molar-refractivity contribution >= 4 is 23.2 Å². The average Bonchev–Trinajstić information content (AvgIpc) is 2.93. The van der Waals surface area contributed by atoms with Crippen LogP contribution >= 0.6 is 23.2 Å². The molecule has 0 saturated carbocycles. The maximum Gasteiger partial charge on any atom is 0.0486 e. The fraction of sp³-hybridized carbons (Fsp3) is 0.0625. The van der Waals surface area contributed by atoms with Gasteiger partial charge in [0.1, 0.15) is 0 Å². The van der Waals surface area contributed by atoms with Crippen LogP contribution in [0.3, 0.4) is 0 Å². The Labute approximate surface area is 211 Å². The van der Waals surface area contributed by atoms with Gasteiger partial charge in [-0.2, -0.15) is 0 Å². The minimum Gasteiger partial charge on any atom is -0.122 e. The number of hydrogen-bond acceptors (Lipinski definition) is 0. The van der Waals surface area contributed by atoms with Crippen molar-refractivity contribution in [3.8, 4) is 44.5 Å².